The topological polar surface area (TPSA) is 58.6 Å². The predicted octanol–water partition coefficient (Wildman–Crippen LogP) is 4.70. The molecule has 0 aromatic heterocycles. The van der Waals surface area contributed by atoms with Crippen LogP contribution in [0.25, 0.3) is 5.57 Å². The number of anilines is 1. The van der Waals surface area contributed by atoms with Gasteiger partial charge >= 0.3 is 0 Å². The number of methoxy groups -OCH3 is 1. The number of carbonyl (C=O) groups excluding carboxylic acids is 2. The van der Waals surface area contributed by atoms with E-state index in [0.717, 1.165) is 28.1 Å². The highest BCUT2D eigenvalue weighted by Gasteiger charge is 2.39. The van der Waals surface area contributed by atoms with E-state index in [1.165, 1.54) is 4.90 Å². The van der Waals surface area contributed by atoms with Gasteiger partial charge in [-0.25, -0.2) is 0 Å². The van der Waals surface area contributed by atoms with E-state index in [9.17, 15) is 9.59 Å². The summed E-state index contributed by atoms with van der Waals surface area (Å²) in [6.07, 6.45) is 0. The molecular weight excluding hydrogens is 388 g/mol. The first-order valence-electron chi connectivity index (χ1n) is 10.1. The highest BCUT2D eigenvalue weighted by atomic mass is 16.5. The lowest BCUT2D eigenvalue weighted by atomic mass is 10.0. The minimum atomic E-state index is -0.334. The minimum absolute atomic E-state index is 0.191. The molecule has 0 radical (unpaired) electrons. The Morgan fingerprint density at radius 3 is 2.23 bits per heavy atom. The lowest BCUT2D eigenvalue weighted by Gasteiger charge is -2.16. The molecule has 1 N–H and O–H groups in total. The van der Waals surface area contributed by atoms with Crippen LogP contribution >= 0.6 is 0 Å². The third-order valence-electron chi connectivity index (χ3n) is 5.37. The molecular formula is C26H24N2O3. The lowest BCUT2D eigenvalue weighted by Crippen LogP contribution is -2.32. The van der Waals surface area contributed by atoms with Crippen LogP contribution in [0.1, 0.15) is 22.3 Å². The fourth-order valence-corrected chi connectivity index (χ4v) is 3.71. The molecule has 0 fully saturated rings. The highest BCUT2D eigenvalue weighted by molar-refractivity contribution is 6.36. The molecule has 3 aromatic rings. The van der Waals surface area contributed by atoms with Crippen molar-refractivity contribution in [2.75, 3.05) is 12.4 Å². The number of imide groups is 1. The quantitative estimate of drug-likeness (QED) is 0.596. The van der Waals surface area contributed by atoms with E-state index in [0.29, 0.717) is 16.8 Å². The Balaban J connectivity index is 1.71. The van der Waals surface area contributed by atoms with Crippen molar-refractivity contribution in [2.24, 2.45) is 0 Å². The Hall–Kier alpha value is -3.86. The summed E-state index contributed by atoms with van der Waals surface area (Å²) in [5, 5.41) is 3.25. The number of nitrogens with zero attached hydrogens (tertiary/aromatic N) is 1. The Labute approximate surface area is 182 Å². The van der Waals surface area contributed by atoms with Gasteiger partial charge in [0, 0.05) is 5.69 Å². The molecule has 0 unspecified atom stereocenters. The summed E-state index contributed by atoms with van der Waals surface area (Å²) in [6, 6.07) is 22.6. The Kier molecular flexibility index (Phi) is 5.58. The molecule has 5 heteroatoms. The number of hydrogen-bond acceptors (Lipinski definition) is 4. The maximum Gasteiger partial charge on any atom is 0.278 e. The molecule has 31 heavy (non-hydrogen) atoms. The van der Waals surface area contributed by atoms with Gasteiger partial charge in [-0.15, -0.1) is 0 Å². The van der Waals surface area contributed by atoms with Crippen LogP contribution in [-0.4, -0.2) is 23.8 Å². The molecule has 0 saturated carbocycles. The molecule has 1 heterocycles. The van der Waals surface area contributed by atoms with Crippen molar-refractivity contribution in [3.05, 3.63) is 101 Å². The summed E-state index contributed by atoms with van der Waals surface area (Å²) in [5.74, 6) is 0.0852. The third kappa shape index (κ3) is 4.08. The summed E-state index contributed by atoms with van der Waals surface area (Å²) < 4.78 is 5.19. The third-order valence-corrected chi connectivity index (χ3v) is 5.37. The van der Waals surface area contributed by atoms with Gasteiger partial charge in [-0.05, 0) is 48.7 Å². The SMILES string of the molecule is COc1ccc(CN2C(=O)C(Nc3ccc(C)cc3C)=C(c3ccccc3)C2=O)cc1. The number of rotatable bonds is 6. The molecule has 4 rings (SSSR count). The average Bonchev–Trinajstić information content (AvgIpc) is 3.01. The highest BCUT2D eigenvalue weighted by Crippen LogP contribution is 2.32. The Bertz CT molecular complexity index is 1170. The predicted molar refractivity (Wildman–Crippen MR) is 121 cm³/mol. The van der Waals surface area contributed by atoms with Crippen molar-refractivity contribution in [3.8, 4) is 5.75 Å². The van der Waals surface area contributed by atoms with E-state index < -0.39 is 0 Å². The van der Waals surface area contributed by atoms with Gasteiger partial charge in [0.15, 0.2) is 0 Å². The summed E-state index contributed by atoms with van der Waals surface area (Å²) in [6.45, 7) is 4.19. The van der Waals surface area contributed by atoms with Crippen molar-refractivity contribution in [1.82, 2.24) is 4.90 Å². The van der Waals surface area contributed by atoms with Gasteiger partial charge in [-0.1, -0.05) is 60.2 Å². The Morgan fingerprint density at radius 1 is 0.871 bits per heavy atom. The smallest absolute Gasteiger partial charge is 0.278 e. The second kappa shape index (κ2) is 8.48. The minimum Gasteiger partial charge on any atom is -0.497 e. The number of benzene rings is 3. The van der Waals surface area contributed by atoms with Crippen molar-refractivity contribution in [1.29, 1.82) is 0 Å². The van der Waals surface area contributed by atoms with Gasteiger partial charge in [0.05, 0.1) is 19.2 Å². The van der Waals surface area contributed by atoms with Crippen LogP contribution in [-0.2, 0) is 16.1 Å². The molecule has 156 valence electrons. The number of carbonyl (C=O) groups is 2. The average molecular weight is 412 g/mol. The number of nitrogens with one attached hydrogen (secondary N) is 1. The summed E-state index contributed by atoms with van der Waals surface area (Å²) in [7, 11) is 1.60. The van der Waals surface area contributed by atoms with Gasteiger partial charge in [0.25, 0.3) is 11.8 Å². The first-order chi connectivity index (χ1) is 15.0. The second-order valence-electron chi connectivity index (χ2n) is 7.60. The van der Waals surface area contributed by atoms with Gasteiger partial charge in [-0.2, -0.15) is 0 Å². The first-order valence-corrected chi connectivity index (χ1v) is 10.1. The molecule has 3 aromatic carbocycles. The second-order valence-corrected chi connectivity index (χ2v) is 7.60. The molecule has 0 spiro atoms. The normalized spacial score (nSPS) is 13.7. The maximum absolute atomic E-state index is 13.4. The van der Waals surface area contributed by atoms with Gasteiger partial charge < -0.3 is 10.1 Å². The van der Waals surface area contributed by atoms with Crippen LogP contribution in [0.2, 0.25) is 0 Å². The first kappa shape index (κ1) is 20.4. The zero-order valence-electron chi connectivity index (χ0n) is 17.8. The monoisotopic (exact) mass is 412 g/mol. The fraction of sp³-hybridized carbons (Fsp3) is 0.154. The van der Waals surface area contributed by atoms with E-state index in [4.69, 9.17) is 4.74 Å². The molecule has 0 aliphatic carbocycles. The van der Waals surface area contributed by atoms with Gasteiger partial charge in [0.1, 0.15) is 11.4 Å². The largest absolute Gasteiger partial charge is 0.497 e. The molecule has 0 bridgehead atoms. The van der Waals surface area contributed by atoms with Crippen LogP contribution in [0.3, 0.4) is 0 Å². The molecule has 5 nitrogen and oxygen atoms in total. The molecule has 1 aliphatic heterocycles. The standard InChI is InChI=1S/C26H24N2O3/c1-17-9-14-22(18(2)15-17)27-24-23(20-7-5-4-6-8-20)25(29)28(26(24)30)16-19-10-12-21(31-3)13-11-19/h4-15,27H,16H2,1-3H3. The van der Waals surface area contributed by atoms with Gasteiger partial charge in [0.2, 0.25) is 0 Å². The summed E-state index contributed by atoms with van der Waals surface area (Å²) >= 11 is 0. The summed E-state index contributed by atoms with van der Waals surface area (Å²) in [4.78, 5) is 28.0. The van der Waals surface area contributed by atoms with E-state index in [-0.39, 0.29) is 18.4 Å². The number of ether oxygens (including phenoxy) is 1. The van der Waals surface area contributed by atoms with E-state index >= 15 is 0 Å². The Morgan fingerprint density at radius 2 is 1.58 bits per heavy atom. The number of amides is 2. The summed E-state index contributed by atoms with van der Waals surface area (Å²) in [5.41, 5.74) is 5.20. The van der Waals surface area contributed by atoms with E-state index in [1.807, 2.05) is 86.6 Å². The van der Waals surface area contributed by atoms with Crippen LogP contribution < -0.4 is 10.1 Å². The van der Waals surface area contributed by atoms with Crippen LogP contribution in [0, 0.1) is 13.8 Å². The van der Waals surface area contributed by atoms with Gasteiger partial charge in [-0.3, -0.25) is 14.5 Å². The van der Waals surface area contributed by atoms with Crippen molar-refractivity contribution >= 4 is 23.1 Å². The maximum atomic E-state index is 13.4. The van der Waals surface area contributed by atoms with Crippen molar-refractivity contribution in [3.63, 3.8) is 0 Å². The molecule has 0 atom stereocenters. The zero-order valence-corrected chi connectivity index (χ0v) is 17.8. The van der Waals surface area contributed by atoms with Crippen molar-refractivity contribution in [2.45, 2.75) is 20.4 Å². The van der Waals surface area contributed by atoms with Crippen LogP contribution in [0.15, 0.2) is 78.5 Å². The zero-order chi connectivity index (χ0) is 22.0. The van der Waals surface area contributed by atoms with Crippen molar-refractivity contribution < 1.29 is 14.3 Å². The van der Waals surface area contributed by atoms with E-state index in [2.05, 4.69) is 5.32 Å². The molecule has 0 saturated heterocycles. The molecule has 1 aliphatic rings. The van der Waals surface area contributed by atoms with E-state index in [1.54, 1.807) is 7.11 Å². The van der Waals surface area contributed by atoms with Crippen LogP contribution in [0.4, 0.5) is 5.69 Å². The lowest BCUT2D eigenvalue weighted by molar-refractivity contribution is -0.137. The fourth-order valence-electron chi connectivity index (χ4n) is 3.71. The van der Waals surface area contributed by atoms with Crippen LogP contribution in [0.5, 0.6) is 5.75 Å². The molecule has 2 amide bonds. The number of hydrogen-bond donors (Lipinski definition) is 1. The number of aryl methyl sites for hydroxylation is 2.